The second-order valence-electron chi connectivity index (χ2n) is 12.0. The van der Waals surface area contributed by atoms with E-state index in [9.17, 15) is 0 Å². The van der Waals surface area contributed by atoms with Crippen molar-refractivity contribution in [3.63, 3.8) is 0 Å². The van der Waals surface area contributed by atoms with E-state index in [1.54, 1.807) is 25.7 Å². The first-order valence-corrected chi connectivity index (χ1v) is 10.9. The molecule has 0 saturated heterocycles. The van der Waals surface area contributed by atoms with Gasteiger partial charge in [0.1, 0.15) is 0 Å². The molecule has 0 N–H and O–H groups in total. The molecule has 12 bridgehead atoms. The van der Waals surface area contributed by atoms with Gasteiger partial charge in [-0.15, -0.1) is 0 Å². The Hall–Kier alpha value is 0. The Morgan fingerprint density at radius 3 is 0.773 bits per heavy atom. The molecule has 0 aromatic heterocycles. The van der Waals surface area contributed by atoms with Gasteiger partial charge in [0.15, 0.2) is 0 Å². The van der Waals surface area contributed by atoms with Gasteiger partial charge in [-0.05, 0) is 132 Å². The van der Waals surface area contributed by atoms with Gasteiger partial charge in [0.25, 0.3) is 0 Å². The monoisotopic (exact) mass is 290 g/mol. The van der Waals surface area contributed by atoms with E-state index in [0.717, 1.165) is 0 Å². The fourth-order valence-corrected chi connectivity index (χ4v) is 14.4. The molecule has 0 nitrogen and oxygen atoms in total. The van der Waals surface area contributed by atoms with Gasteiger partial charge in [-0.3, -0.25) is 0 Å². The maximum Gasteiger partial charge on any atom is -0.0312 e. The Kier molecular flexibility index (Phi) is 1.15. The standard InChI is InChI=1S/C22H26/c1-5-6-2-10-13(5)17-9(1)14(6)18(10)21(17)22-19-11-3-7-8-4-12(15(7)19)20(22)16(8)11/h5-22H,1-4H2/t5-,6-,7-,8-,9+,10+,11+,12+,13-,14-,15-,16-,17-,18-,19-,20-/m1/s1. The minimum absolute atomic E-state index is 1.27. The molecule has 0 spiro atoms. The van der Waals surface area contributed by atoms with Crippen LogP contribution in [-0.4, -0.2) is 0 Å². The number of rotatable bonds is 1. The van der Waals surface area contributed by atoms with E-state index < -0.39 is 0 Å². The van der Waals surface area contributed by atoms with Crippen LogP contribution in [0.3, 0.4) is 0 Å². The maximum atomic E-state index is 1.72. The van der Waals surface area contributed by atoms with E-state index in [0.29, 0.717) is 0 Å². The fraction of sp³-hybridized carbons (Fsp3) is 1.00. The number of fused-ring (bicyclic) bond motifs is 1. The molecule has 0 unspecified atom stereocenters. The van der Waals surface area contributed by atoms with Gasteiger partial charge in [-0.2, -0.15) is 0 Å². The lowest BCUT2D eigenvalue weighted by molar-refractivity contribution is 0.132. The summed E-state index contributed by atoms with van der Waals surface area (Å²) in [5.41, 5.74) is 0. The van der Waals surface area contributed by atoms with E-state index in [-0.39, 0.29) is 0 Å². The van der Waals surface area contributed by atoms with Crippen molar-refractivity contribution in [2.45, 2.75) is 25.7 Å². The molecule has 0 aromatic rings. The summed E-state index contributed by atoms with van der Waals surface area (Å²) in [6.07, 6.45) is 6.89. The van der Waals surface area contributed by atoms with E-state index in [4.69, 9.17) is 0 Å². The van der Waals surface area contributed by atoms with Crippen LogP contribution in [0.25, 0.3) is 0 Å². The Bertz CT molecular complexity index is 566. The van der Waals surface area contributed by atoms with Gasteiger partial charge in [0, 0.05) is 0 Å². The first kappa shape index (κ1) is 10.1. The molecule has 0 amide bonds. The smallest absolute Gasteiger partial charge is 0.0312 e. The van der Waals surface area contributed by atoms with Gasteiger partial charge in [-0.1, -0.05) is 0 Å². The second kappa shape index (κ2) is 2.50. The van der Waals surface area contributed by atoms with Crippen molar-refractivity contribution >= 4 is 0 Å². The van der Waals surface area contributed by atoms with Crippen LogP contribution in [0.1, 0.15) is 25.7 Å². The highest BCUT2D eigenvalue weighted by atomic mass is 14.9. The molecule has 0 aliphatic heterocycles. The van der Waals surface area contributed by atoms with Crippen LogP contribution in [0, 0.1) is 107 Å². The van der Waals surface area contributed by atoms with Crippen molar-refractivity contribution < 1.29 is 0 Å². The third-order valence-electron chi connectivity index (χ3n) is 13.2. The quantitative estimate of drug-likeness (QED) is 0.689. The van der Waals surface area contributed by atoms with Crippen LogP contribution in [-0.2, 0) is 0 Å². The first-order chi connectivity index (χ1) is 10.9. The Morgan fingerprint density at radius 2 is 0.500 bits per heavy atom. The average Bonchev–Trinajstić information content (AvgIpc) is 3.23. The third-order valence-corrected chi connectivity index (χ3v) is 13.2. The summed E-state index contributed by atoms with van der Waals surface area (Å²) in [6, 6.07) is 0. The average molecular weight is 290 g/mol. The van der Waals surface area contributed by atoms with Gasteiger partial charge >= 0.3 is 0 Å². The van der Waals surface area contributed by atoms with Crippen LogP contribution in [0.4, 0.5) is 0 Å². The van der Waals surface area contributed by atoms with Crippen molar-refractivity contribution in [3.8, 4) is 0 Å². The van der Waals surface area contributed by atoms with Crippen molar-refractivity contribution in [1.29, 1.82) is 0 Å². The molecule has 12 fully saturated rings. The molecule has 114 valence electrons. The SMILES string of the molecule is C1[C@@H]2[C@H]3C[C@@H]4[C@H]5C(C6[C@@H]7[C@H]8C[C@@H]9[C@H]%10C[C@H]([C@@H]6[C@H]%108)[C@@H]97)[C@H]([C@@H]1[C@@H]35)[C@H]24. The van der Waals surface area contributed by atoms with Gasteiger partial charge < -0.3 is 0 Å². The summed E-state index contributed by atoms with van der Waals surface area (Å²) in [7, 11) is 0. The summed E-state index contributed by atoms with van der Waals surface area (Å²) in [5.74, 6) is 23.1. The van der Waals surface area contributed by atoms with Crippen molar-refractivity contribution in [2.24, 2.45) is 107 Å². The predicted octanol–water partition coefficient (Wildman–Crippen LogP) is 3.77. The zero-order chi connectivity index (χ0) is 13.2. The normalized spacial score (nSPS) is 92.7. The Labute approximate surface area is 132 Å². The van der Waals surface area contributed by atoms with Crippen LogP contribution in [0.2, 0.25) is 0 Å². The fourth-order valence-electron chi connectivity index (χ4n) is 14.4. The van der Waals surface area contributed by atoms with Gasteiger partial charge in [0.05, 0.1) is 0 Å². The Balaban J connectivity index is 1.21. The van der Waals surface area contributed by atoms with E-state index >= 15 is 0 Å². The summed E-state index contributed by atoms with van der Waals surface area (Å²) in [5, 5.41) is 0. The molecule has 12 rings (SSSR count). The molecule has 16 atom stereocenters. The molecule has 0 heteroatoms. The van der Waals surface area contributed by atoms with Crippen LogP contribution in [0.15, 0.2) is 0 Å². The molecular weight excluding hydrogens is 264 g/mol. The lowest BCUT2D eigenvalue weighted by Gasteiger charge is -2.33. The molecule has 12 aliphatic carbocycles. The summed E-state index contributed by atoms with van der Waals surface area (Å²) in [4.78, 5) is 0. The highest BCUT2D eigenvalue weighted by Crippen LogP contribution is 2.91. The molecule has 0 radical (unpaired) electrons. The predicted molar refractivity (Wildman–Crippen MR) is 81.3 cm³/mol. The highest BCUT2D eigenvalue weighted by molar-refractivity contribution is 5.33. The summed E-state index contributed by atoms with van der Waals surface area (Å²) < 4.78 is 0. The molecule has 22 heavy (non-hydrogen) atoms. The molecule has 12 saturated carbocycles. The third kappa shape index (κ3) is 0.619. The molecule has 0 aromatic carbocycles. The number of hydrogen-bond acceptors (Lipinski definition) is 0. The van der Waals surface area contributed by atoms with Crippen LogP contribution >= 0.6 is 0 Å². The van der Waals surface area contributed by atoms with Gasteiger partial charge in [0.2, 0.25) is 0 Å². The minimum atomic E-state index is 1.27. The van der Waals surface area contributed by atoms with Gasteiger partial charge in [-0.25, -0.2) is 0 Å². The van der Waals surface area contributed by atoms with E-state index in [1.807, 2.05) is 0 Å². The molecule has 12 aliphatic rings. The highest BCUT2D eigenvalue weighted by Gasteiger charge is 2.86. The van der Waals surface area contributed by atoms with E-state index in [2.05, 4.69) is 0 Å². The number of hydrogen-bond donors (Lipinski definition) is 0. The topological polar surface area (TPSA) is 0 Å². The van der Waals surface area contributed by atoms with Crippen LogP contribution < -0.4 is 0 Å². The minimum Gasteiger partial charge on any atom is -0.0465 e. The lowest BCUT2D eigenvalue weighted by atomic mass is 9.71. The molecular formula is C22H26. The van der Waals surface area contributed by atoms with Crippen molar-refractivity contribution in [1.82, 2.24) is 0 Å². The second-order valence-corrected chi connectivity index (χ2v) is 12.0. The van der Waals surface area contributed by atoms with Crippen molar-refractivity contribution in [2.75, 3.05) is 0 Å². The first-order valence-electron chi connectivity index (χ1n) is 10.9. The Morgan fingerprint density at radius 1 is 0.227 bits per heavy atom. The van der Waals surface area contributed by atoms with Crippen LogP contribution in [0.5, 0.6) is 0 Å². The lowest BCUT2D eigenvalue weighted by Crippen LogP contribution is -2.30. The van der Waals surface area contributed by atoms with Crippen molar-refractivity contribution in [3.05, 3.63) is 0 Å². The summed E-state index contributed by atoms with van der Waals surface area (Å²) in [6.45, 7) is 0. The molecule has 0 heterocycles. The zero-order valence-corrected chi connectivity index (χ0v) is 13.2. The largest absolute Gasteiger partial charge is 0.0465 e. The maximum absolute atomic E-state index is 1.72. The van der Waals surface area contributed by atoms with E-state index in [1.165, 1.54) is 107 Å². The zero-order valence-electron chi connectivity index (χ0n) is 13.2. The summed E-state index contributed by atoms with van der Waals surface area (Å²) >= 11 is 0.